The van der Waals surface area contributed by atoms with E-state index in [-0.39, 0.29) is 17.5 Å². The molecule has 0 aliphatic heterocycles. The van der Waals surface area contributed by atoms with Crippen LogP contribution < -0.4 is 10.9 Å². The molecule has 1 N–H and O–H groups in total. The van der Waals surface area contributed by atoms with Gasteiger partial charge in [-0.25, -0.2) is 0 Å². The normalized spacial score (nSPS) is 11.9. The molecule has 4 aromatic rings. The molecule has 30 heavy (non-hydrogen) atoms. The molecule has 0 spiro atoms. The molecule has 0 aliphatic rings. The van der Waals surface area contributed by atoms with Crippen molar-refractivity contribution in [2.24, 2.45) is 0 Å². The molecule has 0 bridgehead atoms. The summed E-state index contributed by atoms with van der Waals surface area (Å²) in [4.78, 5) is 34.7. The predicted molar refractivity (Wildman–Crippen MR) is 116 cm³/mol. The second kappa shape index (κ2) is 8.29. The Balaban J connectivity index is 1.67. The third kappa shape index (κ3) is 3.98. The maximum atomic E-state index is 13.0. The number of carbonyl (C=O) groups is 1. The number of carbonyl (C=O) groups excluding carboxylic acids is 1. The Hall–Kier alpha value is -3.80. The summed E-state index contributed by atoms with van der Waals surface area (Å²) in [5, 5.41) is 3.37. The van der Waals surface area contributed by atoms with Gasteiger partial charge in [-0.2, -0.15) is 0 Å². The minimum absolute atomic E-state index is 0.171. The van der Waals surface area contributed by atoms with E-state index in [4.69, 9.17) is 0 Å². The summed E-state index contributed by atoms with van der Waals surface area (Å²) < 4.78 is 1.63. The first-order chi connectivity index (χ1) is 14.5. The molecule has 0 radical (unpaired) electrons. The van der Waals surface area contributed by atoms with Gasteiger partial charge in [0.15, 0.2) is 0 Å². The first-order valence-electron chi connectivity index (χ1n) is 9.79. The lowest BCUT2D eigenvalue weighted by Gasteiger charge is -2.15. The maximum absolute atomic E-state index is 13.0. The molecular formula is C24H22N4O2. The second-order valence-electron chi connectivity index (χ2n) is 7.24. The average Bonchev–Trinajstić information content (AvgIpc) is 2.76. The summed E-state index contributed by atoms with van der Waals surface area (Å²) in [7, 11) is 0. The van der Waals surface area contributed by atoms with E-state index in [9.17, 15) is 9.59 Å². The molecule has 3 heterocycles. The quantitative estimate of drug-likeness (QED) is 0.557. The highest BCUT2D eigenvalue weighted by molar-refractivity contribution is 5.98. The zero-order valence-corrected chi connectivity index (χ0v) is 16.9. The number of nitrogens with zero attached hydrogens (tertiary/aromatic N) is 3. The second-order valence-corrected chi connectivity index (χ2v) is 7.24. The van der Waals surface area contributed by atoms with Gasteiger partial charge in [-0.1, -0.05) is 36.4 Å². The van der Waals surface area contributed by atoms with Crippen LogP contribution in [-0.4, -0.2) is 20.4 Å². The van der Waals surface area contributed by atoms with Gasteiger partial charge in [0.25, 0.3) is 11.5 Å². The largest absolute Gasteiger partial charge is 0.344 e. The van der Waals surface area contributed by atoms with Crippen LogP contribution in [0.1, 0.15) is 40.3 Å². The Morgan fingerprint density at radius 2 is 1.87 bits per heavy atom. The summed E-state index contributed by atoms with van der Waals surface area (Å²) in [6, 6.07) is 18.5. The lowest BCUT2D eigenvalue weighted by Crippen LogP contribution is -2.28. The lowest BCUT2D eigenvalue weighted by molar-refractivity contribution is 0.0938. The number of hydrogen-bond acceptors (Lipinski definition) is 4. The summed E-state index contributed by atoms with van der Waals surface area (Å²) in [5.41, 5.74) is 3.17. The van der Waals surface area contributed by atoms with E-state index in [1.54, 1.807) is 30.0 Å². The van der Waals surface area contributed by atoms with Crippen molar-refractivity contribution >= 4 is 16.8 Å². The van der Waals surface area contributed by atoms with Gasteiger partial charge < -0.3 is 9.88 Å². The summed E-state index contributed by atoms with van der Waals surface area (Å²) in [6.07, 6.45) is 3.43. The van der Waals surface area contributed by atoms with Crippen LogP contribution in [0.25, 0.3) is 10.9 Å². The molecule has 3 aromatic heterocycles. The third-order valence-corrected chi connectivity index (χ3v) is 5.07. The van der Waals surface area contributed by atoms with E-state index in [1.807, 2.05) is 61.5 Å². The lowest BCUT2D eigenvalue weighted by atomic mass is 10.1. The number of aryl methyl sites for hydroxylation is 1. The summed E-state index contributed by atoms with van der Waals surface area (Å²) >= 11 is 0. The fraction of sp³-hybridized carbons (Fsp3) is 0.167. The smallest absolute Gasteiger partial charge is 0.260 e. The molecule has 6 heteroatoms. The van der Waals surface area contributed by atoms with Crippen LogP contribution in [0.2, 0.25) is 0 Å². The van der Waals surface area contributed by atoms with Crippen molar-refractivity contribution in [1.29, 1.82) is 0 Å². The molecule has 6 nitrogen and oxygen atoms in total. The topological polar surface area (TPSA) is 76.9 Å². The highest BCUT2D eigenvalue weighted by Gasteiger charge is 2.17. The highest BCUT2D eigenvalue weighted by atomic mass is 16.2. The maximum Gasteiger partial charge on any atom is 0.260 e. The molecule has 0 saturated carbocycles. The van der Waals surface area contributed by atoms with Crippen LogP contribution in [0.3, 0.4) is 0 Å². The van der Waals surface area contributed by atoms with Gasteiger partial charge in [-0.3, -0.25) is 19.6 Å². The van der Waals surface area contributed by atoms with E-state index >= 15 is 0 Å². The molecule has 0 fully saturated rings. The minimum atomic E-state index is -0.280. The number of fused-ring (bicyclic) bond motifs is 1. The van der Waals surface area contributed by atoms with E-state index in [1.165, 1.54) is 0 Å². The summed E-state index contributed by atoms with van der Waals surface area (Å²) in [6.45, 7) is 4.11. The molecule has 150 valence electrons. The number of rotatable bonds is 5. The van der Waals surface area contributed by atoms with Crippen LogP contribution >= 0.6 is 0 Å². The molecular weight excluding hydrogens is 376 g/mol. The number of nitrogens with one attached hydrogen (secondary N) is 1. The number of benzene rings is 1. The molecule has 1 aromatic carbocycles. The zero-order chi connectivity index (χ0) is 21.1. The van der Waals surface area contributed by atoms with Gasteiger partial charge in [-0.05, 0) is 43.7 Å². The standard InChI is InChI=1S/C24H22N4O2/c1-16-19(23(29)27-17(2)21-10-6-7-12-25-21)14-20-22(26-16)11-13-28(24(20)30)15-18-8-4-3-5-9-18/h3-14,17H,15H2,1-2H3,(H,27,29). The van der Waals surface area contributed by atoms with Gasteiger partial charge in [0, 0.05) is 12.4 Å². The first kappa shape index (κ1) is 19.5. The van der Waals surface area contributed by atoms with Crippen molar-refractivity contribution in [3.05, 3.63) is 106 Å². The molecule has 1 unspecified atom stereocenters. The molecule has 4 rings (SSSR count). The molecule has 1 atom stereocenters. The van der Waals surface area contributed by atoms with Crippen molar-refractivity contribution in [2.75, 3.05) is 0 Å². The Labute approximate surface area is 174 Å². The van der Waals surface area contributed by atoms with Crippen LogP contribution in [0.4, 0.5) is 0 Å². The van der Waals surface area contributed by atoms with Crippen LogP contribution in [0.15, 0.2) is 77.9 Å². The SMILES string of the molecule is Cc1nc2ccn(Cc3ccccc3)c(=O)c2cc1C(=O)NC(C)c1ccccn1. The molecule has 0 aliphatic carbocycles. The zero-order valence-electron chi connectivity index (χ0n) is 16.9. The number of aromatic nitrogens is 3. The monoisotopic (exact) mass is 398 g/mol. The number of hydrogen-bond donors (Lipinski definition) is 1. The Kier molecular flexibility index (Phi) is 5.39. The summed E-state index contributed by atoms with van der Waals surface area (Å²) in [5.74, 6) is -0.280. The van der Waals surface area contributed by atoms with Crippen molar-refractivity contribution in [1.82, 2.24) is 19.9 Å². The Morgan fingerprint density at radius 3 is 2.60 bits per heavy atom. The van der Waals surface area contributed by atoms with E-state index in [0.29, 0.717) is 28.7 Å². The molecule has 0 saturated heterocycles. The van der Waals surface area contributed by atoms with Crippen LogP contribution in [0, 0.1) is 6.92 Å². The first-order valence-corrected chi connectivity index (χ1v) is 9.79. The fourth-order valence-electron chi connectivity index (χ4n) is 3.42. The predicted octanol–water partition coefficient (Wildman–Crippen LogP) is 3.64. The third-order valence-electron chi connectivity index (χ3n) is 5.07. The Bertz CT molecular complexity index is 1250. The minimum Gasteiger partial charge on any atom is -0.344 e. The van der Waals surface area contributed by atoms with E-state index < -0.39 is 0 Å². The van der Waals surface area contributed by atoms with Crippen LogP contribution in [-0.2, 0) is 6.54 Å². The van der Waals surface area contributed by atoms with E-state index in [2.05, 4.69) is 15.3 Å². The van der Waals surface area contributed by atoms with Crippen LogP contribution in [0.5, 0.6) is 0 Å². The number of pyridine rings is 3. The van der Waals surface area contributed by atoms with Gasteiger partial charge in [-0.15, -0.1) is 0 Å². The van der Waals surface area contributed by atoms with Crippen molar-refractivity contribution in [2.45, 2.75) is 26.4 Å². The van der Waals surface area contributed by atoms with Crippen molar-refractivity contribution in [3.63, 3.8) is 0 Å². The fourth-order valence-corrected chi connectivity index (χ4v) is 3.42. The van der Waals surface area contributed by atoms with Crippen molar-refractivity contribution in [3.8, 4) is 0 Å². The van der Waals surface area contributed by atoms with Crippen molar-refractivity contribution < 1.29 is 4.79 Å². The average molecular weight is 398 g/mol. The van der Waals surface area contributed by atoms with Gasteiger partial charge in [0.05, 0.1) is 40.4 Å². The van der Waals surface area contributed by atoms with Gasteiger partial charge in [0.1, 0.15) is 0 Å². The molecule has 1 amide bonds. The number of amides is 1. The highest BCUT2D eigenvalue weighted by Crippen LogP contribution is 2.16. The van der Waals surface area contributed by atoms with Gasteiger partial charge >= 0.3 is 0 Å². The van der Waals surface area contributed by atoms with Gasteiger partial charge in [0.2, 0.25) is 0 Å². The Morgan fingerprint density at radius 1 is 1.10 bits per heavy atom. The van der Waals surface area contributed by atoms with E-state index in [0.717, 1.165) is 11.3 Å².